The van der Waals surface area contributed by atoms with Gasteiger partial charge in [0.15, 0.2) is 5.82 Å². The molecule has 0 spiro atoms. The van der Waals surface area contributed by atoms with Gasteiger partial charge in [0.1, 0.15) is 0 Å². The molecule has 0 aliphatic carbocycles. The molecule has 2 aliphatic heterocycles. The van der Waals surface area contributed by atoms with Gasteiger partial charge in [-0.1, -0.05) is 6.08 Å². The highest BCUT2D eigenvalue weighted by Gasteiger charge is 2.25. The Morgan fingerprint density at radius 2 is 2.30 bits per heavy atom. The summed E-state index contributed by atoms with van der Waals surface area (Å²) in [6.07, 6.45) is 2.22. The number of halogens is 2. The van der Waals surface area contributed by atoms with Crippen LogP contribution in [0.2, 0.25) is 5.28 Å². The van der Waals surface area contributed by atoms with E-state index in [9.17, 15) is 0 Å². The summed E-state index contributed by atoms with van der Waals surface area (Å²) < 4.78 is 6.64. The van der Waals surface area contributed by atoms with E-state index in [1.165, 1.54) is 11.1 Å². The van der Waals surface area contributed by atoms with Crippen LogP contribution in [-0.2, 0) is 4.74 Å². The van der Waals surface area contributed by atoms with E-state index in [0.29, 0.717) is 11.3 Å². The first-order valence-corrected chi connectivity index (χ1v) is 8.69. The van der Waals surface area contributed by atoms with Crippen molar-refractivity contribution in [2.45, 2.75) is 13.0 Å². The van der Waals surface area contributed by atoms with E-state index < -0.39 is 0 Å². The molecule has 0 radical (unpaired) electrons. The third-order valence-corrected chi connectivity index (χ3v) is 5.30. The van der Waals surface area contributed by atoms with Gasteiger partial charge in [-0.05, 0) is 24.1 Å². The Morgan fingerprint density at radius 1 is 1.43 bits per heavy atom. The zero-order valence-corrected chi connectivity index (χ0v) is 15.1. The van der Waals surface area contributed by atoms with Gasteiger partial charge >= 0.3 is 0 Å². The summed E-state index contributed by atoms with van der Waals surface area (Å²) in [6, 6.07) is 0.292. The maximum absolute atomic E-state index is 6.22. The number of fused-ring (bicyclic) bond motifs is 1. The van der Waals surface area contributed by atoms with Crippen molar-refractivity contribution in [1.29, 1.82) is 0 Å². The lowest BCUT2D eigenvalue weighted by molar-refractivity contribution is 0.0987. The number of rotatable bonds is 2. The van der Waals surface area contributed by atoms with Crippen molar-refractivity contribution in [3.05, 3.63) is 22.3 Å². The number of nitrogens with one attached hydrogen (secondary N) is 1. The van der Waals surface area contributed by atoms with E-state index in [4.69, 9.17) is 16.3 Å². The zero-order valence-electron chi connectivity index (χ0n) is 12.7. The fourth-order valence-corrected chi connectivity index (χ4v) is 4.22. The van der Waals surface area contributed by atoms with Gasteiger partial charge in [0.05, 0.1) is 29.5 Å². The van der Waals surface area contributed by atoms with Crippen molar-refractivity contribution < 1.29 is 4.74 Å². The highest BCUT2D eigenvalue weighted by Crippen LogP contribution is 2.37. The molecule has 4 heterocycles. The summed E-state index contributed by atoms with van der Waals surface area (Å²) in [6.45, 7) is 6.23. The third-order valence-electron chi connectivity index (χ3n) is 4.16. The molecular weight excluding hydrogens is 355 g/mol. The molecule has 0 saturated carbocycles. The van der Waals surface area contributed by atoms with Crippen molar-refractivity contribution in [3.63, 3.8) is 0 Å². The Hall–Kier alpha value is -0.920. The molecular formula is C15H18Cl2N4OS. The second-order valence-electron chi connectivity index (χ2n) is 5.62. The number of morpholine rings is 1. The van der Waals surface area contributed by atoms with Crippen LogP contribution in [0.3, 0.4) is 0 Å². The van der Waals surface area contributed by atoms with E-state index in [2.05, 4.69) is 38.6 Å². The second kappa shape index (κ2) is 6.91. The van der Waals surface area contributed by atoms with Gasteiger partial charge in [0.25, 0.3) is 0 Å². The van der Waals surface area contributed by atoms with Gasteiger partial charge in [0.2, 0.25) is 5.28 Å². The number of aromatic nitrogens is 2. The molecule has 1 N–H and O–H groups in total. The minimum Gasteiger partial charge on any atom is -0.377 e. The van der Waals surface area contributed by atoms with Crippen LogP contribution in [0, 0.1) is 0 Å². The van der Waals surface area contributed by atoms with Crippen LogP contribution >= 0.6 is 35.3 Å². The smallest absolute Gasteiger partial charge is 0.224 e. The first-order chi connectivity index (χ1) is 10.7. The van der Waals surface area contributed by atoms with Gasteiger partial charge in [-0.15, -0.1) is 23.7 Å². The Labute approximate surface area is 150 Å². The van der Waals surface area contributed by atoms with E-state index in [1.54, 1.807) is 11.3 Å². The van der Waals surface area contributed by atoms with Gasteiger partial charge in [-0.25, -0.2) is 4.98 Å². The van der Waals surface area contributed by atoms with Gasteiger partial charge in [-0.2, -0.15) is 4.98 Å². The largest absolute Gasteiger partial charge is 0.377 e. The number of ether oxygens (including phenoxy) is 1. The monoisotopic (exact) mass is 372 g/mol. The standard InChI is InChI=1S/C15H17ClN4OS.ClH/c1-9-7-21-5-4-20(9)14-13-12(18-15(16)19-14)11(8-22-13)10-2-3-17-6-10;/h2,8-9,17H,3-7H2,1H3;1H/t9-;/m1./s1. The minimum absolute atomic E-state index is 0. The number of anilines is 1. The summed E-state index contributed by atoms with van der Waals surface area (Å²) >= 11 is 7.91. The van der Waals surface area contributed by atoms with Crippen LogP contribution in [0.15, 0.2) is 11.5 Å². The Kier molecular flexibility index (Phi) is 5.08. The Bertz CT molecular complexity index is 748. The predicted octanol–water partition coefficient (Wildman–Crippen LogP) is 2.98. The average molecular weight is 373 g/mol. The number of thiophene rings is 1. The zero-order chi connectivity index (χ0) is 15.1. The van der Waals surface area contributed by atoms with Gasteiger partial charge < -0.3 is 15.0 Å². The maximum Gasteiger partial charge on any atom is 0.224 e. The van der Waals surface area contributed by atoms with Crippen molar-refractivity contribution >= 4 is 57.0 Å². The van der Waals surface area contributed by atoms with Gasteiger partial charge in [0, 0.05) is 30.6 Å². The summed E-state index contributed by atoms with van der Waals surface area (Å²) in [5.74, 6) is 0.939. The maximum atomic E-state index is 6.22. The van der Waals surface area contributed by atoms with E-state index in [0.717, 1.165) is 48.9 Å². The lowest BCUT2D eigenvalue weighted by Gasteiger charge is -2.34. The fourth-order valence-electron chi connectivity index (χ4n) is 3.02. The molecule has 1 fully saturated rings. The lowest BCUT2D eigenvalue weighted by atomic mass is 10.1. The number of hydrogen-bond donors (Lipinski definition) is 1. The Balaban J connectivity index is 0.00000156. The molecule has 1 saturated heterocycles. The van der Waals surface area contributed by atoms with Crippen LogP contribution in [0.4, 0.5) is 5.82 Å². The van der Waals surface area contributed by atoms with Crippen molar-refractivity contribution in [2.24, 2.45) is 0 Å². The van der Waals surface area contributed by atoms with Crippen LogP contribution in [-0.4, -0.2) is 48.9 Å². The molecule has 2 aromatic rings. The topological polar surface area (TPSA) is 50.3 Å². The molecule has 4 rings (SSSR count). The van der Waals surface area contributed by atoms with E-state index in [-0.39, 0.29) is 12.4 Å². The summed E-state index contributed by atoms with van der Waals surface area (Å²) in [5, 5.41) is 5.82. The highest BCUT2D eigenvalue weighted by atomic mass is 35.5. The highest BCUT2D eigenvalue weighted by molar-refractivity contribution is 7.18. The van der Waals surface area contributed by atoms with Crippen molar-refractivity contribution in [1.82, 2.24) is 15.3 Å². The SMILES string of the molecule is C[C@@H]1COCCN1c1nc(Cl)nc2c(C3=CCNC3)csc12.Cl. The summed E-state index contributed by atoms with van der Waals surface area (Å²) in [4.78, 5) is 11.3. The van der Waals surface area contributed by atoms with Crippen LogP contribution in [0.25, 0.3) is 15.8 Å². The molecule has 2 aliphatic rings. The molecule has 0 unspecified atom stereocenters. The quantitative estimate of drug-likeness (QED) is 0.821. The molecule has 2 aromatic heterocycles. The first kappa shape index (κ1) is 16.9. The molecule has 1 atom stereocenters. The molecule has 23 heavy (non-hydrogen) atoms. The lowest BCUT2D eigenvalue weighted by Crippen LogP contribution is -2.44. The van der Waals surface area contributed by atoms with E-state index >= 15 is 0 Å². The molecule has 0 amide bonds. The van der Waals surface area contributed by atoms with Gasteiger partial charge in [-0.3, -0.25) is 0 Å². The molecule has 124 valence electrons. The summed E-state index contributed by atoms with van der Waals surface area (Å²) in [5.41, 5.74) is 3.44. The molecule has 8 heteroatoms. The van der Waals surface area contributed by atoms with Crippen LogP contribution in [0.1, 0.15) is 12.5 Å². The molecule has 5 nitrogen and oxygen atoms in total. The minimum atomic E-state index is 0. The molecule has 0 aromatic carbocycles. The molecule has 0 bridgehead atoms. The average Bonchev–Trinajstić information content (AvgIpc) is 3.15. The number of hydrogen-bond acceptors (Lipinski definition) is 6. The second-order valence-corrected chi connectivity index (χ2v) is 6.84. The predicted molar refractivity (Wildman–Crippen MR) is 98.1 cm³/mol. The number of nitrogens with zero attached hydrogens (tertiary/aromatic N) is 3. The van der Waals surface area contributed by atoms with Crippen LogP contribution < -0.4 is 10.2 Å². The normalized spacial score (nSPS) is 21.4. The fraction of sp³-hybridized carbons (Fsp3) is 0.467. The Morgan fingerprint density at radius 3 is 3.04 bits per heavy atom. The third kappa shape index (κ3) is 3.06. The van der Waals surface area contributed by atoms with Crippen LogP contribution in [0.5, 0.6) is 0 Å². The summed E-state index contributed by atoms with van der Waals surface area (Å²) in [7, 11) is 0. The van der Waals surface area contributed by atoms with Crippen molar-refractivity contribution in [3.8, 4) is 0 Å². The van der Waals surface area contributed by atoms with E-state index in [1.807, 2.05) is 0 Å². The van der Waals surface area contributed by atoms with Crippen molar-refractivity contribution in [2.75, 3.05) is 37.7 Å². The first-order valence-electron chi connectivity index (χ1n) is 7.43.